The summed E-state index contributed by atoms with van der Waals surface area (Å²) in [6.45, 7) is 0. The van der Waals surface area contributed by atoms with Gasteiger partial charge in [0.15, 0.2) is 0 Å². The minimum Gasteiger partial charge on any atom is -0.436 e. The van der Waals surface area contributed by atoms with Gasteiger partial charge in [0.1, 0.15) is 11.1 Å². The van der Waals surface area contributed by atoms with Crippen molar-refractivity contribution in [2.75, 3.05) is 0 Å². The summed E-state index contributed by atoms with van der Waals surface area (Å²) in [4.78, 5) is 9.59. The highest BCUT2D eigenvalue weighted by molar-refractivity contribution is 7.26. The monoisotopic (exact) mass is 554 g/mol. The first-order chi connectivity index (χ1) is 20.8. The number of fused-ring (bicyclic) bond motifs is 7. The van der Waals surface area contributed by atoms with Crippen LogP contribution in [0.5, 0.6) is 0 Å². The molecule has 4 heteroatoms. The summed E-state index contributed by atoms with van der Waals surface area (Å²) >= 11 is 1.87. The molecule has 0 saturated heterocycles. The van der Waals surface area contributed by atoms with Crippen LogP contribution in [-0.4, -0.2) is 9.97 Å². The Kier molecular flexibility index (Phi) is 5.07. The van der Waals surface area contributed by atoms with Gasteiger partial charge < -0.3 is 4.42 Å². The van der Waals surface area contributed by atoms with Crippen molar-refractivity contribution in [1.29, 1.82) is 0 Å². The minimum absolute atomic E-state index is 0.571. The van der Waals surface area contributed by atoms with Gasteiger partial charge in [0, 0.05) is 25.6 Å². The fraction of sp³-hybridized carbons (Fsp3) is 0. The lowest BCUT2D eigenvalue weighted by Crippen LogP contribution is -1.84. The van der Waals surface area contributed by atoms with E-state index < -0.39 is 0 Å². The topological polar surface area (TPSA) is 38.9 Å². The van der Waals surface area contributed by atoms with Crippen molar-refractivity contribution in [3.05, 3.63) is 133 Å². The molecule has 42 heavy (non-hydrogen) atoms. The number of benzene rings is 6. The SMILES string of the molecule is c1ccc(-c2cccc3c2sc2ccc(-c4cccc(-c5ccc6oc7nc8ccccc8nc7c6c5)c4)cc23)cc1. The first kappa shape index (κ1) is 23.4. The quantitative estimate of drug-likeness (QED) is 0.218. The number of nitrogens with zero attached hydrogens (tertiary/aromatic N) is 2. The average Bonchev–Trinajstić information content (AvgIpc) is 3.61. The van der Waals surface area contributed by atoms with E-state index in [2.05, 4.69) is 103 Å². The maximum Gasteiger partial charge on any atom is 0.246 e. The minimum atomic E-state index is 0.571. The number of hydrogen-bond donors (Lipinski definition) is 0. The van der Waals surface area contributed by atoms with Crippen LogP contribution >= 0.6 is 11.3 Å². The van der Waals surface area contributed by atoms with Crippen molar-refractivity contribution < 1.29 is 4.42 Å². The molecule has 0 aliphatic carbocycles. The van der Waals surface area contributed by atoms with Gasteiger partial charge in [-0.2, -0.15) is 0 Å². The summed E-state index contributed by atoms with van der Waals surface area (Å²) in [5.41, 5.74) is 11.1. The summed E-state index contributed by atoms with van der Waals surface area (Å²) in [5, 5.41) is 3.58. The fourth-order valence-corrected chi connectivity index (χ4v) is 7.24. The maximum atomic E-state index is 6.08. The van der Waals surface area contributed by atoms with Gasteiger partial charge in [-0.05, 0) is 75.8 Å². The number of aromatic nitrogens is 2. The van der Waals surface area contributed by atoms with Crippen LogP contribution in [0.2, 0.25) is 0 Å². The molecule has 0 radical (unpaired) electrons. The molecule has 3 heterocycles. The average molecular weight is 555 g/mol. The zero-order valence-electron chi connectivity index (χ0n) is 22.4. The Morgan fingerprint density at radius 3 is 1.98 bits per heavy atom. The number of para-hydroxylation sites is 2. The van der Waals surface area contributed by atoms with E-state index in [-0.39, 0.29) is 0 Å². The zero-order chi connectivity index (χ0) is 27.6. The van der Waals surface area contributed by atoms with E-state index in [0.717, 1.165) is 38.6 Å². The van der Waals surface area contributed by atoms with Crippen LogP contribution in [0.1, 0.15) is 0 Å². The third kappa shape index (κ3) is 3.66. The highest BCUT2D eigenvalue weighted by Crippen LogP contribution is 2.41. The second-order valence-corrected chi connectivity index (χ2v) is 11.7. The van der Waals surface area contributed by atoms with E-state index in [0.29, 0.717) is 5.71 Å². The molecular weight excluding hydrogens is 532 g/mol. The Balaban J connectivity index is 1.15. The molecule has 0 aliphatic heterocycles. The molecule has 0 atom stereocenters. The van der Waals surface area contributed by atoms with Crippen molar-refractivity contribution >= 4 is 64.7 Å². The van der Waals surface area contributed by atoms with E-state index in [4.69, 9.17) is 14.4 Å². The van der Waals surface area contributed by atoms with Crippen molar-refractivity contribution in [1.82, 2.24) is 9.97 Å². The molecule has 3 nitrogen and oxygen atoms in total. The molecule has 0 N–H and O–H groups in total. The van der Waals surface area contributed by atoms with Crippen LogP contribution in [0, 0.1) is 0 Å². The lowest BCUT2D eigenvalue weighted by Gasteiger charge is -2.07. The maximum absolute atomic E-state index is 6.08. The van der Waals surface area contributed by atoms with Crippen LogP contribution in [0.3, 0.4) is 0 Å². The van der Waals surface area contributed by atoms with Crippen LogP contribution in [-0.2, 0) is 0 Å². The van der Waals surface area contributed by atoms with E-state index in [1.165, 1.54) is 42.4 Å². The smallest absolute Gasteiger partial charge is 0.246 e. The van der Waals surface area contributed by atoms with Gasteiger partial charge in [-0.3, -0.25) is 0 Å². The molecule has 0 saturated carbocycles. The van der Waals surface area contributed by atoms with Gasteiger partial charge >= 0.3 is 0 Å². The molecule has 9 aromatic rings. The van der Waals surface area contributed by atoms with Gasteiger partial charge in [0.25, 0.3) is 0 Å². The highest BCUT2D eigenvalue weighted by atomic mass is 32.1. The van der Waals surface area contributed by atoms with E-state index in [1.807, 2.05) is 41.7 Å². The van der Waals surface area contributed by atoms with Crippen LogP contribution in [0.4, 0.5) is 0 Å². The van der Waals surface area contributed by atoms with Gasteiger partial charge in [0.2, 0.25) is 5.71 Å². The Labute approximate surface area is 245 Å². The lowest BCUT2D eigenvalue weighted by molar-refractivity contribution is 0.655. The molecule has 0 fully saturated rings. The van der Waals surface area contributed by atoms with Crippen molar-refractivity contribution in [2.24, 2.45) is 0 Å². The van der Waals surface area contributed by atoms with Gasteiger partial charge in [-0.25, -0.2) is 9.97 Å². The standard InChI is InChI=1S/C38H22N2OS/c1-2-8-23(9-3-1)28-12-7-13-29-30-21-27(17-19-35(30)42-37(28)29)25-11-6-10-24(20-25)26-16-18-34-31(22-26)36-38(41-34)40-33-15-5-4-14-32(33)39-36/h1-22H. The first-order valence-corrected chi connectivity index (χ1v) is 14.8. The summed E-state index contributed by atoms with van der Waals surface area (Å²) in [6.07, 6.45) is 0. The largest absolute Gasteiger partial charge is 0.436 e. The molecule has 0 unspecified atom stereocenters. The number of thiophene rings is 1. The molecule has 6 aromatic carbocycles. The normalized spacial score (nSPS) is 11.8. The summed E-state index contributed by atoms with van der Waals surface area (Å²) < 4.78 is 8.72. The fourth-order valence-electron chi connectivity index (χ4n) is 6.02. The predicted molar refractivity (Wildman–Crippen MR) is 176 cm³/mol. The Morgan fingerprint density at radius 2 is 1.14 bits per heavy atom. The highest BCUT2D eigenvalue weighted by Gasteiger charge is 2.14. The number of rotatable bonds is 3. The van der Waals surface area contributed by atoms with E-state index >= 15 is 0 Å². The molecule has 9 rings (SSSR count). The first-order valence-electron chi connectivity index (χ1n) is 14.0. The van der Waals surface area contributed by atoms with Crippen LogP contribution in [0.25, 0.3) is 86.8 Å². The molecule has 196 valence electrons. The second-order valence-electron chi connectivity index (χ2n) is 10.6. The molecule has 0 aliphatic rings. The van der Waals surface area contributed by atoms with Gasteiger partial charge in [-0.15, -0.1) is 11.3 Å². The van der Waals surface area contributed by atoms with Crippen molar-refractivity contribution in [2.45, 2.75) is 0 Å². The molecule has 0 spiro atoms. The number of furan rings is 1. The summed E-state index contributed by atoms with van der Waals surface area (Å²) in [7, 11) is 0. The van der Waals surface area contributed by atoms with E-state index in [1.54, 1.807) is 0 Å². The third-order valence-corrected chi connectivity index (χ3v) is 9.31. The Bertz CT molecular complexity index is 2470. The summed E-state index contributed by atoms with van der Waals surface area (Å²) in [6, 6.07) is 47.2. The van der Waals surface area contributed by atoms with Crippen LogP contribution < -0.4 is 0 Å². The molecule has 0 amide bonds. The van der Waals surface area contributed by atoms with Gasteiger partial charge in [-0.1, -0.05) is 91.0 Å². The van der Waals surface area contributed by atoms with Crippen molar-refractivity contribution in [3.63, 3.8) is 0 Å². The van der Waals surface area contributed by atoms with Crippen LogP contribution in [0.15, 0.2) is 138 Å². The predicted octanol–water partition coefficient (Wildman–Crippen LogP) is 10.9. The molecule has 0 bridgehead atoms. The Hall–Kier alpha value is -5.32. The zero-order valence-corrected chi connectivity index (χ0v) is 23.2. The van der Waals surface area contributed by atoms with E-state index in [9.17, 15) is 0 Å². The summed E-state index contributed by atoms with van der Waals surface area (Å²) in [5.74, 6) is 0. The third-order valence-electron chi connectivity index (χ3n) is 8.09. The second kappa shape index (κ2) is 9.10. The number of hydrogen-bond acceptors (Lipinski definition) is 4. The molecular formula is C38H22N2OS. The molecule has 3 aromatic heterocycles. The van der Waals surface area contributed by atoms with Gasteiger partial charge in [0.05, 0.1) is 11.0 Å². The Morgan fingerprint density at radius 1 is 0.476 bits per heavy atom. The van der Waals surface area contributed by atoms with Crippen molar-refractivity contribution in [3.8, 4) is 33.4 Å². The lowest BCUT2D eigenvalue weighted by atomic mass is 9.97.